The van der Waals surface area contributed by atoms with Crippen molar-refractivity contribution in [2.24, 2.45) is 5.73 Å². The van der Waals surface area contributed by atoms with Gasteiger partial charge in [0.15, 0.2) is 0 Å². The predicted octanol–water partition coefficient (Wildman–Crippen LogP) is 2.79. The highest BCUT2D eigenvalue weighted by Gasteiger charge is 2.33. The average molecular weight is 256 g/mol. The Balaban J connectivity index is 2.51. The van der Waals surface area contributed by atoms with Crippen LogP contribution in [0.15, 0.2) is 0 Å². The first kappa shape index (κ1) is 15.9. The van der Waals surface area contributed by atoms with Crippen molar-refractivity contribution in [3.05, 3.63) is 0 Å². The second-order valence-corrected chi connectivity index (χ2v) is 5.82. The molecule has 1 aliphatic rings. The number of likely N-dealkylation sites (tertiary alicyclic amines) is 1. The van der Waals surface area contributed by atoms with Crippen molar-refractivity contribution in [2.75, 3.05) is 26.2 Å². The smallest absolute Gasteiger partial charge is 0.0702 e. The first-order chi connectivity index (χ1) is 8.66. The van der Waals surface area contributed by atoms with Gasteiger partial charge in [-0.3, -0.25) is 4.90 Å². The van der Waals surface area contributed by atoms with E-state index in [1.54, 1.807) is 0 Å². The average Bonchev–Trinajstić information content (AvgIpc) is 2.39. The molecule has 1 heterocycles. The van der Waals surface area contributed by atoms with Gasteiger partial charge in [-0.2, -0.15) is 0 Å². The maximum Gasteiger partial charge on any atom is 0.0702 e. The van der Waals surface area contributed by atoms with E-state index in [-0.39, 0.29) is 5.54 Å². The SMILES string of the molecule is CCCCCC(C)(CN)N1CCCC(OCC)C1. The lowest BCUT2D eigenvalue weighted by molar-refractivity contribution is -0.0307. The summed E-state index contributed by atoms with van der Waals surface area (Å²) in [6, 6.07) is 0. The molecule has 108 valence electrons. The van der Waals surface area contributed by atoms with Crippen LogP contribution in [-0.4, -0.2) is 42.8 Å². The van der Waals surface area contributed by atoms with E-state index in [4.69, 9.17) is 10.5 Å². The van der Waals surface area contributed by atoms with Gasteiger partial charge in [0, 0.05) is 25.2 Å². The van der Waals surface area contributed by atoms with Crippen molar-refractivity contribution in [3.8, 4) is 0 Å². The van der Waals surface area contributed by atoms with Gasteiger partial charge in [0.05, 0.1) is 6.10 Å². The molecule has 1 rings (SSSR count). The number of piperidine rings is 1. The molecular formula is C15H32N2O. The molecule has 3 nitrogen and oxygen atoms in total. The molecule has 1 saturated heterocycles. The molecule has 18 heavy (non-hydrogen) atoms. The molecule has 0 aromatic rings. The number of unbranched alkanes of at least 4 members (excludes halogenated alkanes) is 2. The van der Waals surface area contributed by atoms with Gasteiger partial charge < -0.3 is 10.5 Å². The van der Waals surface area contributed by atoms with Crippen LogP contribution in [0.5, 0.6) is 0 Å². The lowest BCUT2D eigenvalue weighted by Gasteiger charge is -2.45. The Labute approximate surface area is 113 Å². The lowest BCUT2D eigenvalue weighted by atomic mass is 9.90. The van der Waals surface area contributed by atoms with E-state index >= 15 is 0 Å². The third kappa shape index (κ3) is 4.52. The molecule has 0 aliphatic carbocycles. The van der Waals surface area contributed by atoms with E-state index in [0.717, 1.165) is 19.7 Å². The van der Waals surface area contributed by atoms with Gasteiger partial charge in [0.2, 0.25) is 0 Å². The number of hydrogen-bond donors (Lipinski definition) is 1. The van der Waals surface area contributed by atoms with E-state index in [1.165, 1.54) is 45.1 Å². The van der Waals surface area contributed by atoms with Crippen LogP contribution in [0.4, 0.5) is 0 Å². The summed E-state index contributed by atoms with van der Waals surface area (Å²) in [5.74, 6) is 0. The van der Waals surface area contributed by atoms with E-state index in [2.05, 4.69) is 25.7 Å². The van der Waals surface area contributed by atoms with Gasteiger partial charge in [-0.05, 0) is 39.7 Å². The Morgan fingerprint density at radius 1 is 1.33 bits per heavy atom. The monoisotopic (exact) mass is 256 g/mol. The van der Waals surface area contributed by atoms with Crippen LogP contribution >= 0.6 is 0 Å². The van der Waals surface area contributed by atoms with Crippen LogP contribution in [0.3, 0.4) is 0 Å². The molecule has 0 saturated carbocycles. The molecule has 2 atom stereocenters. The van der Waals surface area contributed by atoms with Crippen molar-refractivity contribution in [2.45, 2.75) is 70.9 Å². The van der Waals surface area contributed by atoms with E-state index in [1.807, 2.05) is 0 Å². The van der Waals surface area contributed by atoms with Crippen molar-refractivity contribution >= 4 is 0 Å². The quantitative estimate of drug-likeness (QED) is 0.679. The van der Waals surface area contributed by atoms with Crippen LogP contribution in [0, 0.1) is 0 Å². The second-order valence-electron chi connectivity index (χ2n) is 5.82. The maximum atomic E-state index is 6.06. The van der Waals surface area contributed by atoms with Crippen LogP contribution < -0.4 is 5.73 Å². The molecule has 0 amide bonds. The van der Waals surface area contributed by atoms with Gasteiger partial charge in [0.1, 0.15) is 0 Å². The number of nitrogens with zero attached hydrogens (tertiary/aromatic N) is 1. The van der Waals surface area contributed by atoms with Gasteiger partial charge in [0.25, 0.3) is 0 Å². The largest absolute Gasteiger partial charge is 0.377 e. The highest BCUT2D eigenvalue weighted by molar-refractivity contribution is 4.90. The normalized spacial score (nSPS) is 25.0. The van der Waals surface area contributed by atoms with Crippen molar-refractivity contribution in [1.82, 2.24) is 4.90 Å². The molecule has 0 bridgehead atoms. The molecule has 0 radical (unpaired) electrons. The van der Waals surface area contributed by atoms with Crippen LogP contribution in [-0.2, 0) is 4.74 Å². The summed E-state index contributed by atoms with van der Waals surface area (Å²) in [6.07, 6.45) is 7.98. The van der Waals surface area contributed by atoms with Crippen molar-refractivity contribution in [3.63, 3.8) is 0 Å². The maximum absolute atomic E-state index is 6.06. The summed E-state index contributed by atoms with van der Waals surface area (Å²) in [5, 5.41) is 0. The molecule has 2 N–H and O–H groups in total. The van der Waals surface area contributed by atoms with Gasteiger partial charge in [-0.15, -0.1) is 0 Å². The third-order valence-corrected chi connectivity index (χ3v) is 4.30. The van der Waals surface area contributed by atoms with Crippen LogP contribution in [0.2, 0.25) is 0 Å². The fourth-order valence-corrected chi connectivity index (χ4v) is 2.95. The summed E-state index contributed by atoms with van der Waals surface area (Å²) in [4.78, 5) is 2.58. The zero-order valence-electron chi connectivity index (χ0n) is 12.6. The Kier molecular flexibility index (Phi) is 7.20. The molecule has 1 aliphatic heterocycles. The fraction of sp³-hybridized carbons (Fsp3) is 1.00. The standard InChI is InChI=1S/C15H32N2O/c1-4-6-7-10-15(3,13-16)17-11-8-9-14(12-17)18-5-2/h14H,4-13,16H2,1-3H3. The van der Waals surface area contributed by atoms with Crippen molar-refractivity contribution in [1.29, 1.82) is 0 Å². The minimum atomic E-state index is 0.172. The number of rotatable bonds is 8. The van der Waals surface area contributed by atoms with Gasteiger partial charge >= 0.3 is 0 Å². The first-order valence-electron chi connectivity index (χ1n) is 7.73. The zero-order chi connectivity index (χ0) is 13.4. The highest BCUT2D eigenvalue weighted by atomic mass is 16.5. The molecule has 1 fully saturated rings. The molecular weight excluding hydrogens is 224 g/mol. The Bertz CT molecular complexity index is 221. The van der Waals surface area contributed by atoms with E-state index in [0.29, 0.717) is 6.10 Å². The Morgan fingerprint density at radius 3 is 2.72 bits per heavy atom. The van der Waals surface area contributed by atoms with Gasteiger partial charge in [-0.25, -0.2) is 0 Å². The minimum absolute atomic E-state index is 0.172. The Hall–Kier alpha value is -0.120. The number of hydrogen-bond acceptors (Lipinski definition) is 3. The number of nitrogens with two attached hydrogens (primary N) is 1. The summed E-state index contributed by atoms with van der Waals surface area (Å²) < 4.78 is 5.80. The predicted molar refractivity (Wildman–Crippen MR) is 77.8 cm³/mol. The number of ether oxygens (including phenoxy) is 1. The summed E-state index contributed by atoms with van der Waals surface area (Å²) >= 11 is 0. The highest BCUT2D eigenvalue weighted by Crippen LogP contribution is 2.26. The zero-order valence-corrected chi connectivity index (χ0v) is 12.6. The molecule has 0 aromatic carbocycles. The molecule has 3 heteroatoms. The molecule has 0 spiro atoms. The third-order valence-electron chi connectivity index (χ3n) is 4.30. The topological polar surface area (TPSA) is 38.5 Å². The minimum Gasteiger partial charge on any atom is -0.377 e. The fourth-order valence-electron chi connectivity index (χ4n) is 2.95. The summed E-state index contributed by atoms with van der Waals surface area (Å²) in [5.41, 5.74) is 6.23. The summed E-state index contributed by atoms with van der Waals surface area (Å²) in [6.45, 7) is 10.5. The molecule has 0 aromatic heterocycles. The van der Waals surface area contributed by atoms with E-state index < -0.39 is 0 Å². The first-order valence-corrected chi connectivity index (χ1v) is 7.73. The summed E-state index contributed by atoms with van der Waals surface area (Å²) in [7, 11) is 0. The second kappa shape index (κ2) is 8.13. The molecule has 2 unspecified atom stereocenters. The van der Waals surface area contributed by atoms with E-state index in [9.17, 15) is 0 Å². The van der Waals surface area contributed by atoms with Crippen LogP contribution in [0.1, 0.15) is 59.3 Å². The van der Waals surface area contributed by atoms with Crippen molar-refractivity contribution < 1.29 is 4.74 Å². The Morgan fingerprint density at radius 2 is 2.11 bits per heavy atom. The lowest BCUT2D eigenvalue weighted by Crippen LogP contribution is -2.56. The van der Waals surface area contributed by atoms with Gasteiger partial charge in [-0.1, -0.05) is 26.2 Å². The van der Waals surface area contributed by atoms with Crippen LogP contribution in [0.25, 0.3) is 0 Å².